The molecule has 1 nitrogen and oxygen atoms in total. The van der Waals surface area contributed by atoms with Crippen LogP contribution in [0.3, 0.4) is 0 Å². The van der Waals surface area contributed by atoms with Gasteiger partial charge < -0.3 is 5.11 Å². The summed E-state index contributed by atoms with van der Waals surface area (Å²) in [7, 11) is 0. The molecule has 0 aliphatic heterocycles. The lowest BCUT2D eigenvalue weighted by molar-refractivity contribution is 0.209. The lowest BCUT2D eigenvalue weighted by Gasteiger charge is -2.20. The number of aliphatic hydroxyl groups is 1. The fourth-order valence-electron chi connectivity index (χ4n) is 0.903. The Balaban J connectivity index is 3.14. The molecule has 1 aromatic carbocycles. The second kappa shape index (κ2) is 4.65. The van der Waals surface area contributed by atoms with Gasteiger partial charge in [0.2, 0.25) is 4.52 Å². The highest BCUT2D eigenvalue weighted by Crippen LogP contribution is 2.42. The van der Waals surface area contributed by atoms with E-state index in [0.717, 1.165) is 0 Å². The van der Waals surface area contributed by atoms with Crippen molar-refractivity contribution in [3.63, 3.8) is 0 Å². The monoisotopic (exact) mass is 292 g/mol. The zero-order valence-corrected chi connectivity index (χ0v) is 10.4. The predicted octanol–water partition coefficient (Wildman–Crippen LogP) is 4.40. The highest BCUT2D eigenvalue weighted by molar-refractivity contribution is 6.51. The maximum Gasteiger partial charge on any atom is 0.235 e. The van der Waals surface area contributed by atoms with Gasteiger partial charge in [-0.1, -0.05) is 58.5 Å². The highest BCUT2D eigenvalue weighted by Gasteiger charge is 2.33. The molecule has 0 spiro atoms. The lowest BCUT2D eigenvalue weighted by Crippen LogP contribution is -2.18. The van der Waals surface area contributed by atoms with Crippen molar-refractivity contribution in [2.75, 3.05) is 0 Å². The number of hydrogen-bond acceptors (Lipinski definition) is 1. The molecule has 6 heteroatoms. The van der Waals surface area contributed by atoms with Gasteiger partial charge in [0.15, 0.2) is 0 Å². The fourth-order valence-corrected chi connectivity index (χ4v) is 1.79. The average Bonchev–Trinajstić information content (AvgIpc) is 2.07. The molecule has 0 heterocycles. The summed E-state index contributed by atoms with van der Waals surface area (Å²) in [6, 6.07) is 4.82. The SMILES string of the molecule is OC(Cl)(Cl)C(Cl)c1cccc(Cl)c1Cl. The number of rotatable bonds is 2. The molecule has 0 bridgehead atoms. The Hall–Kier alpha value is 0.630. The second-order valence-electron chi connectivity index (χ2n) is 2.59. The third-order valence-corrected chi connectivity index (χ3v) is 3.60. The molecule has 1 aromatic rings. The molecule has 1 atom stereocenters. The zero-order chi connectivity index (χ0) is 10.9. The molecule has 0 aliphatic carbocycles. The normalized spacial score (nSPS) is 14.1. The van der Waals surface area contributed by atoms with Crippen molar-refractivity contribution in [3.05, 3.63) is 33.8 Å². The topological polar surface area (TPSA) is 20.2 Å². The Morgan fingerprint density at radius 2 is 1.79 bits per heavy atom. The Morgan fingerprint density at radius 3 is 2.29 bits per heavy atom. The number of benzene rings is 1. The maximum absolute atomic E-state index is 9.25. The van der Waals surface area contributed by atoms with Gasteiger partial charge in [-0.25, -0.2) is 0 Å². The van der Waals surface area contributed by atoms with Gasteiger partial charge in [0.1, 0.15) is 5.38 Å². The van der Waals surface area contributed by atoms with Gasteiger partial charge in [0.05, 0.1) is 10.0 Å². The van der Waals surface area contributed by atoms with Gasteiger partial charge >= 0.3 is 0 Å². The first-order valence-corrected chi connectivity index (χ1v) is 5.47. The summed E-state index contributed by atoms with van der Waals surface area (Å²) >= 11 is 28.3. The van der Waals surface area contributed by atoms with Crippen molar-refractivity contribution in [2.45, 2.75) is 9.90 Å². The van der Waals surface area contributed by atoms with E-state index in [4.69, 9.17) is 58.0 Å². The molecule has 0 fully saturated rings. The third kappa shape index (κ3) is 2.82. The first kappa shape index (κ1) is 12.7. The largest absolute Gasteiger partial charge is 0.361 e. The van der Waals surface area contributed by atoms with Crippen LogP contribution in [0.1, 0.15) is 10.9 Å². The summed E-state index contributed by atoms with van der Waals surface area (Å²) in [6.07, 6.45) is 0. The van der Waals surface area contributed by atoms with E-state index in [0.29, 0.717) is 10.6 Å². The van der Waals surface area contributed by atoms with Gasteiger partial charge in [0, 0.05) is 0 Å². The van der Waals surface area contributed by atoms with Gasteiger partial charge in [-0.05, 0) is 11.6 Å². The minimum absolute atomic E-state index is 0.230. The van der Waals surface area contributed by atoms with Gasteiger partial charge in [-0.3, -0.25) is 0 Å². The molecule has 1 rings (SSSR count). The van der Waals surface area contributed by atoms with Crippen molar-refractivity contribution in [1.82, 2.24) is 0 Å². The van der Waals surface area contributed by atoms with Crippen molar-refractivity contribution in [1.29, 1.82) is 0 Å². The van der Waals surface area contributed by atoms with Crippen LogP contribution in [-0.2, 0) is 0 Å². The van der Waals surface area contributed by atoms with E-state index in [1.165, 1.54) is 0 Å². The first-order chi connectivity index (χ1) is 6.34. The average molecular weight is 294 g/mol. The summed E-state index contributed by atoms with van der Waals surface area (Å²) in [5.41, 5.74) is 0.383. The second-order valence-corrected chi connectivity index (χ2v) is 5.16. The summed E-state index contributed by atoms with van der Waals surface area (Å²) in [5.74, 6) is 0. The molecule has 0 saturated carbocycles. The molecule has 78 valence electrons. The van der Waals surface area contributed by atoms with Crippen LogP contribution in [0.4, 0.5) is 0 Å². The van der Waals surface area contributed by atoms with Crippen LogP contribution >= 0.6 is 58.0 Å². The summed E-state index contributed by atoms with van der Waals surface area (Å²) in [6.45, 7) is 0. The zero-order valence-electron chi connectivity index (χ0n) is 6.65. The summed E-state index contributed by atoms with van der Waals surface area (Å²) in [4.78, 5) is 0. The lowest BCUT2D eigenvalue weighted by atomic mass is 10.1. The molecule has 1 unspecified atom stereocenters. The number of hydrogen-bond donors (Lipinski definition) is 1. The van der Waals surface area contributed by atoms with Crippen LogP contribution < -0.4 is 0 Å². The van der Waals surface area contributed by atoms with Crippen molar-refractivity contribution < 1.29 is 5.11 Å². The molecule has 0 radical (unpaired) electrons. The molecule has 0 amide bonds. The van der Waals surface area contributed by atoms with Crippen molar-refractivity contribution in [2.24, 2.45) is 0 Å². The summed E-state index contributed by atoms with van der Waals surface area (Å²) in [5, 5.41) is 8.76. The van der Waals surface area contributed by atoms with Gasteiger partial charge in [-0.15, -0.1) is 11.6 Å². The van der Waals surface area contributed by atoms with E-state index in [2.05, 4.69) is 0 Å². The van der Waals surface area contributed by atoms with E-state index in [1.54, 1.807) is 18.2 Å². The maximum atomic E-state index is 9.25. The smallest absolute Gasteiger partial charge is 0.235 e. The number of halogens is 5. The standard InChI is InChI=1S/C8H5Cl5O/c9-5-3-1-2-4(6(5)10)7(11)8(12,13)14/h1-3,7,14H. The molecule has 0 aliphatic rings. The van der Waals surface area contributed by atoms with Gasteiger partial charge in [-0.2, -0.15) is 0 Å². The minimum Gasteiger partial charge on any atom is -0.361 e. The first-order valence-electron chi connectivity index (χ1n) is 3.52. The quantitative estimate of drug-likeness (QED) is 0.802. The fraction of sp³-hybridized carbons (Fsp3) is 0.250. The van der Waals surface area contributed by atoms with Crippen molar-refractivity contribution >= 4 is 58.0 Å². The molecule has 1 N–H and O–H groups in total. The Labute approximate surface area is 106 Å². The predicted molar refractivity (Wildman–Crippen MR) is 61.7 cm³/mol. The highest BCUT2D eigenvalue weighted by atomic mass is 35.5. The third-order valence-electron chi connectivity index (χ3n) is 1.56. The van der Waals surface area contributed by atoms with E-state index in [-0.39, 0.29) is 5.02 Å². The minimum atomic E-state index is -2.09. The van der Waals surface area contributed by atoms with Crippen molar-refractivity contribution in [3.8, 4) is 0 Å². The van der Waals surface area contributed by atoms with Crippen LogP contribution in [0.15, 0.2) is 18.2 Å². The Kier molecular flexibility index (Phi) is 4.22. The number of alkyl halides is 3. The van der Waals surface area contributed by atoms with E-state index < -0.39 is 9.90 Å². The van der Waals surface area contributed by atoms with Crippen LogP contribution in [0.2, 0.25) is 10.0 Å². The molecular formula is C8H5Cl5O. The van der Waals surface area contributed by atoms with E-state index in [9.17, 15) is 5.11 Å². The molecule has 0 aromatic heterocycles. The molecular weight excluding hydrogens is 289 g/mol. The van der Waals surface area contributed by atoms with Crippen LogP contribution in [0.25, 0.3) is 0 Å². The van der Waals surface area contributed by atoms with E-state index >= 15 is 0 Å². The molecule has 14 heavy (non-hydrogen) atoms. The summed E-state index contributed by atoms with van der Waals surface area (Å²) < 4.78 is -2.09. The Morgan fingerprint density at radius 1 is 1.21 bits per heavy atom. The van der Waals surface area contributed by atoms with Crippen LogP contribution in [0, 0.1) is 0 Å². The van der Waals surface area contributed by atoms with Crippen LogP contribution in [-0.4, -0.2) is 9.63 Å². The van der Waals surface area contributed by atoms with Crippen LogP contribution in [0.5, 0.6) is 0 Å². The van der Waals surface area contributed by atoms with Gasteiger partial charge in [0.25, 0.3) is 0 Å². The van der Waals surface area contributed by atoms with E-state index in [1.807, 2.05) is 0 Å². The Bertz CT molecular complexity index is 333. The molecule has 0 saturated heterocycles.